The van der Waals surface area contributed by atoms with Crippen LogP contribution in [0.4, 0.5) is 0 Å². The average Bonchev–Trinajstić information content (AvgIpc) is 1.87. The summed E-state index contributed by atoms with van der Waals surface area (Å²) in [5.74, 6) is 0. The molecule has 0 fully saturated rings. The molecule has 0 rings (SSSR count). The van der Waals surface area contributed by atoms with Gasteiger partial charge in [-0.3, -0.25) is 0 Å². The minimum absolute atomic E-state index is 0.364. The Morgan fingerprint density at radius 1 is 1.50 bits per heavy atom. The van der Waals surface area contributed by atoms with Crippen LogP contribution < -0.4 is 0 Å². The normalized spacial score (nSPS) is 11.2. The van der Waals surface area contributed by atoms with Crippen LogP contribution in [0.2, 0.25) is 0 Å². The van der Waals surface area contributed by atoms with Gasteiger partial charge in [-0.1, -0.05) is 13.3 Å². The molecule has 0 aromatic heterocycles. The van der Waals surface area contributed by atoms with Crippen molar-refractivity contribution in [2.24, 2.45) is 0 Å². The van der Waals surface area contributed by atoms with Crippen molar-refractivity contribution in [1.29, 1.82) is 0 Å². The van der Waals surface area contributed by atoms with Gasteiger partial charge in [-0.25, -0.2) is 0 Å². The van der Waals surface area contributed by atoms with Crippen molar-refractivity contribution in [2.75, 3.05) is 6.61 Å². The van der Waals surface area contributed by atoms with E-state index in [-0.39, 0.29) is 0 Å². The first-order valence-corrected chi connectivity index (χ1v) is 4.19. The van der Waals surface area contributed by atoms with Crippen LogP contribution in [0, 0.1) is 0 Å². The smallest absolute Gasteiger partial charge is 0.141 e. The third-order valence-electron chi connectivity index (χ3n) is 0.870. The Bertz CT molecular complexity index is 91.6. The van der Waals surface area contributed by atoms with Crippen LogP contribution in [-0.2, 0) is 4.74 Å². The average molecular weight is 183 g/mol. The summed E-state index contributed by atoms with van der Waals surface area (Å²) in [7, 11) is 0. The molecular weight excluding hydrogens is 171 g/mol. The summed E-state index contributed by atoms with van der Waals surface area (Å²) in [5.41, 5.74) is 0. The van der Waals surface area contributed by atoms with E-state index in [1.165, 1.54) is 0 Å². The van der Waals surface area contributed by atoms with Crippen LogP contribution in [-0.4, -0.2) is 11.4 Å². The highest BCUT2D eigenvalue weighted by Gasteiger charge is 1.94. The van der Waals surface area contributed by atoms with E-state index in [0.717, 1.165) is 12.8 Å². The monoisotopic (exact) mass is 182 g/mol. The van der Waals surface area contributed by atoms with Gasteiger partial charge in [-0.05, 0) is 12.5 Å². The van der Waals surface area contributed by atoms with Gasteiger partial charge in [0, 0.05) is 0 Å². The molecule has 0 N–H and O–H groups in total. The van der Waals surface area contributed by atoms with Crippen molar-refractivity contribution in [2.45, 2.75) is 24.6 Å². The van der Waals surface area contributed by atoms with Gasteiger partial charge in [-0.15, -0.1) is 23.2 Å². The summed E-state index contributed by atoms with van der Waals surface area (Å²) < 4.78 is 4.95. The van der Waals surface area contributed by atoms with Gasteiger partial charge in [0.2, 0.25) is 0 Å². The van der Waals surface area contributed by atoms with Crippen molar-refractivity contribution in [3.63, 3.8) is 0 Å². The molecule has 0 aliphatic heterocycles. The zero-order valence-electron chi connectivity index (χ0n) is 6.02. The third-order valence-corrected chi connectivity index (χ3v) is 1.12. The molecule has 0 aromatic rings. The topological polar surface area (TPSA) is 9.23 Å². The number of hydrogen-bond donors (Lipinski definition) is 0. The van der Waals surface area contributed by atoms with Crippen molar-refractivity contribution in [1.82, 2.24) is 0 Å². The van der Waals surface area contributed by atoms with Crippen LogP contribution in [0.1, 0.15) is 19.8 Å². The van der Waals surface area contributed by atoms with E-state index in [1.807, 2.05) is 6.08 Å². The second-order valence-corrected chi connectivity index (χ2v) is 3.16. The Morgan fingerprint density at radius 3 is 2.70 bits per heavy atom. The Kier molecular flexibility index (Phi) is 7.32. The van der Waals surface area contributed by atoms with E-state index in [2.05, 4.69) is 6.92 Å². The predicted octanol–water partition coefficient (Wildman–Crippen LogP) is 3.12. The number of halogens is 2. The molecule has 0 spiro atoms. The molecule has 0 unspecified atom stereocenters. The second-order valence-electron chi connectivity index (χ2n) is 1.88. The van der Waals surface area contributed by atoms with Crippen molar-refractivity contribution in [3.05, 3.63) is 12.3 Å². The SMILES string of the molecule is CCC/C=C/OCC(Cl)Cl. The van der Waals surface area contributed by atoms with Gasteiger partial charge in [0.15, 0.2) is 0 Å². The second kappa shape index (κ2) is 7.23. The predicted molar refractivity (Wildman–Crippen MR) is 45.5 cm³/mol. The number of alkyl halides is 2. The molecule has 0 aliphatic rings. The molecule has 0 saturated heterocycles. The molecule has 0 saturated carbocycles. The largest absolute Gasteiger partial charge is 0.499 e. The molecule has 10 heavy (non-hydrogen) atoms. The highest BCUT2D eigenvalue weighted by molar-refractivity contribution is 6.44. The lowest BCUT2D eigenvalue weighted by atomic mass is 10.3. The zero-order chi connectivity index (χ0) is 7.82. The molecule has 60 valence electrons. The fourth-order valence-electron chi connectivity index (χ4n) is 0.431. The van der Waals surface area contributed by atoms with Gasteiger partial charge in [0.25, 0.3) is 0 Å². The summed E-state index contributed by atoms with van der Waals surface area (Å²) in [6.07, 6.45) is 5.76. The first-order valence-electron chi connectivity index (χ1n) is 3.32. The lowest BCUT2D eigenvalue weighted by Gasteiger charge is -1.98. The molecule has 0 atom stereocenters. The Balaban J connectivity index is 3.02. The molecule has 3 heteroatoms. The maximum Gasteiger partial charge on any atom is 0.141 e. The molecule has 0 radical (unpaired) electrons. The highest BCUT2D eigenvalue weighted by Crippen LogP contribution is 2.01. The third kappa shape index (κ3) is 8.12. The minimum Gasteiger partial charge on any atom is -0.499 e. The molecular formula is C7H12Cl2O. The van der Waals surface area contributed by atoms with E-state index in [9.17, 15) is 0 Å². The van der Waals surface area contributed by atoms with Crippen LogP contribution in [0.25, 0.3) is 0 Å². The number of hydrogen-bond acceptors (Lipinski definition) is 1. The van der Waals surface area contributed by atoms with Gasteiger partial charge in [0.05, 0.1) is 6.26 Å². The number of allylic oxidation sites excluding steroid dienone is 1. The Morgan fingerprint density at radius 2 is 2.20 bits per heavy atom. The van der Waals surface area contributed by atoms with E-state index in [4.69, 9.17) is 27.9 Å². The summed E-state index contributed by atoms with van der Waals surface area (Å²) in [6, 6.07) is 0. The fraction of sp³-hybridized carbons (Fsp3) is 0.714. The number of rotatable bonds is 5. The standard InChI is InChI=1S/C7H12Cl2O/c1-2-3-4-5-10-6-7(8)9/h4-5,7H,2-3,6H2,1H3/b5-4+. The molecule has 0 bridgehead atoms. The van der Waals surface area contributed by atoms with Crippen LogP contribution in [0.15, 0.2) is 12.3 Å². The summed E-state index contributed by atoms with van der Waals surface area (Å²) in [4.78, 5) is -0.425. The van der Waals surface area contributed by atoms with E-state index < -0.39 is 4.84 Å². The summed E-state index contributed by atoms with van der Waals surface area (Å²) in [6.45, 7) is 2.47. The fourth-order valence-corrected chi connectivity index (χ4v) is 0.577. The summed E-state index contributed by atoms with van der Waals surface area (Å²) in [5, 5.41) is 0. The first-order chi connectivity index (χ1) is 4.77. The molecule has 0 aromatic carbocycles. The van der Waals surface area contributed by atoms with Crippen molar-refractivity contribution < 1.29 is 4.74 Å². The zero-order valence-corrected chi connectivity index (χ0v) is 7.53. The maximum atomic E-state index is 5.40. The van der Waals surface area contributed by atoms with Gasteiger partial charge >= 0.3 is 0 Å². The van der Waals surface area contributed by atoms with Gasteiger partial charge in [-0.2, -0.15) is 0 Å². The number of unbranched alkanes of at least 4 members (excludes halogenated alkanes) is 1. The highest BCUT2D eigenvalue weighted by atomic mass is 35.5. The van der Waals surface area contributed by atoms with Gasteiger partial charge in [0.1, 0.15) is 11.4 Å². The van der Waals surface area contributed by atoms with E-state index >= 15 is 0 Å². The van der Waals surface area contributed by atoms with E-state index in [0.29, 0.717) is 6.61 Å². The summed E-state index contributed by atoms with van der Waals surface area (Å²) >= 11 is 10.8. The van der Waals surface area contributed by atoms with Crippen LogP contribution in [0.3, 0.4) is 0 Å². The lowest BCUT2D eigenvalue weighted by molar-refractivity contribution is 0.263. The Labute approximate surface area is 72.0 Å². The molecule has 0 heterocycles. The molecule has 0 aliphatic carbocycles. The molecule has 1 nitrogen and oxygen atoms in total. The minimum atomic E-state index is -0.425. The molecule has 0 amide bonds. The van der Waals surface area contributed by atoms with Crippen LogP contribution >= 0.6 is 23.2 Å². The van der Waals surface area contributed by atoms with Crippen molar-refractivity contribution >= 4 is 23.2 Å². The van der Waals surface area contributed by atoms with Gasteiger partial charge < -0.3 is 4.74 Å². The lowest BCUT2D eigenvalue weighted by Crippen LogP contribution is -1.96. The van der Waals surface area contributed by atoms with Crippen LogP contribution in [0.5, 0.6) is 0 Å². The maximum absolute atomic E-state index is 5.40. The van der Waals surface area contributed by atoms with Crippen molar-refractivity contribution in [3.8, 4) is 0 Å². The quantitative estimate of drug-likeness (QED) is 0.470. The Hall–Kier alpha value is 0.120. The first kappa shape index (κ1) is 10.1. The number of ether oxygens (including phenoxy) is 1. The van der Waals surface area contributed by atoms with E-state index in [1.54, 1.807) is 6.26 Å².